The minimum atomic E-state index is -0.952. The third kappa shape index (κ3) is 4.30. The number of fused-ring (bicyclic) bond motifs is 3. The number of benzene rings is 3. The van der Waals surface area contributed by atoms with Crippen LogP contribution < -0.4 is 0 Å². The van der Waals surface area contributed by atoms with Gasteiger partial charge in [-0.1, -0.05) is 43.0 Å². The minimum absolute atomic E-state index is 0.286. The van der Waals surface area contributed by atoms with E-state index in [4.69, 9.17) is 0 Å². The maximum Gasteiger partial charge on any atom is 0.343 e. The predicted octanol–water partition coefficient (Wildman–Crippen LogP) is 5.12. The number of ether oxygens (including phenoxy) is 1. The lowest BCUT2D eigenvalue weighted by molar-refractivity contribution is -0.394. The highest BCUT2D eigenvalue weighted by molar-refractivity contribution is 6.06. The SMILES string of the molecule is C=COC(=O)c1cc([N+](=O)[O-])cc([N+](=O)[O-])c1.c1ccc2c(c1)[nH]c1ccccc12. The number of esters is 1. The lowest BCUT2D eigenvalue weighted by Gasteiger charge is -1.99. The first-order valence-electron chi connectivity index (χ1n) is 8.62. The minimum Gasteiger partial charge on any atom is -0.432 e. The van der Waals surface area contributed by atoms with Crippen LogP contribution in [0.15, 0.2) is 79.6 Å². The van der Waals surface area contributed by atoms with Crippen molar-refractivity contribution in [1.82, 2.24) is 4.98 Å². The van der Waals surface area contributed by atoms with Crippen LogP contribution in [0.5, 0.6) is 0 Å². The van der Waals surface area contributed by atoms with Crippen molar-refractivity contribution < 1.29 is 19.4 Å². The van der Waals surface area contributed by atoms with Gasteiger partial charge in [0.25, 0.3) is 11.4 Å². The van der Waals surface area contributed by atoms with Crippen molar-refractivity contribution in [2.75, 3.05) is 0 Å². The van der Waals surface area contributed by atoms with Crippen molar-refractivity contribution in [3.05, 3.63) is 105 Å². The first-order chi connectivity index (χ1) is 14.4. The Morgan fingerprint density at radius 3 is 1.77 bits per heavy atom. The van der Waals surface area contributed by atoms with Crippen LogP contribution in [0, 0.1) is 20.2 Å². The second-order valence-corrected chi connectivity index (χ2v) is 6.04. The molecule has 4 rings (SSSR count). The molecular formula is C21H15N3O6. The van der Waals surface area contributed by atoms with Gasteiger partial charge in [-0.25, -0.2) is 4.79 Å². The fourth-order valence-electron chi connectivity index (χ4n) is 2.87. The molecule has 1 N–H and O–H groups in total. The van der Waals surface area contributed by atoms with E-state index in [1.807, 2.05) is 0 Å². The zero-order valence-corrected chi connectivity index (χ0v) is 15.5. The third-order valence-corrected chi connectivity index (χ3v) is 4.16. The Bertz CT molecular complexity index is 1200. The van der Waals surface area contributed by atoms with Crippen LogP contribution >= 0.6 is 0 Å². The second kappa shape index (κ2) is 8.65. The van der Waals surface area contributed by atoms with Crippen LogP contribution in [-0.4, -0.2) is 20.8 Å². The number of aromatic nitrogens is 1. The Morgan fingerprint density at radius 1 is 0.867 bits per heavy atom. The number of non-ortho nitro benzene ring substituents is 2. The molecule has 0 aliphatic heterocycles. The molecule has 30 heavy (non-hydrogen) atoms. The van der Waals surface area contributed by atoms with Gasteiger partial charge < -0.3 is 9.72 Å². The average molecular weight is 405 g/mol. The molecule has 0 amide bonds. The number of hydrogen-bond acceptors (Lipinski definition) is 6. The molecule has 1 aromatic heterocycles. The quantitative estimate of drug-likeness (QED) is 0.217. The van der Waals surface area contributed by atoms with Gasteiger partial charge in [-0.05, 0) is 12.1 Å². The van der Waals surface area contributed by atoms with E-state index in [0.717, 1.165) is 24.5 Å². The molecule has 0 bridgehead atoms. The summed E-state index contributed by atoms with van der Waals surface area (Å²) < 4.78 is 4.38. The van der Waals surface area contributed by atoms with Crippen LogP contribution in [0.4, 0.5) is 11.4 Å². The van der Waals surface area contributed by atoms with E-state index < -0.39 is 27.2 Å². The molecule has 0 spiro atoms. The number of para-hydroxylation sites is 2. The van der Waals surface area contributed by atoms with E-state index in [-0.39, 0.29) is 5.56 Å². The number of H-pyrrole nitrogens is 1. The Labute approximate surface area is 169 Å². The molecule has 0 saturated carbocycles. The van der Waals surface area contributed by atoms with Crippen LogP contribution in [0.2, 0.25) is 0 Å². The van der Waals surface area contributed by atoms with Gasteiger partial charge in [0.15, 0.2) is 0 Å². The van der Waals surface area contributed by atoms with Gasteiger partial charge >= 0.3 is 5.97 Å². The fourth-order valence-corrected chi connectivity index (χ4v) is 2.87. The van der Waals surface area contributed by atoms with Gasteiger partial charge in [0.1, 0.15) is 0 Å². The van der Waals surface area contributed by atoms with Crippen LogP contribution in [0.3, 0.4) is 0 Å². The van der Waals surface area contributed by atoms with E-state index in [2.05, 4.69) is 64.8 Å². The fraction of sp³-hybridized carbons (Fsp3) is 0. The standard InChI is InChI=1S/C12H9N.C9H6N2O6/c1-3-7-11-9(5-1)10-6-2-4-8-12(10)13-11;1-2-17-9(12)6-3-7(10(13)14)5-8(4-6)11(15)16/h1-8,13H;2-5H,1H2. The summed E-state index contributed by atoms with van der Waals surface area (Å²) in [4.78, 5) is 34.0. The lowest BCUT2D eigenvalue weighted by Crippen LogP contribution is -2.03. The number of nitro groups is 2. The van der Waals surface area contributed by atoms with E-state index in [1.54, 1.807) is 0 Å². The Balaban J connectivity index is 0.000000175. The zero-order valence-electron chi connectivity index (χ0n) is 15.5. The molecule has 4 aromatic rings. The topological polar surface area (TPSA) is 128 Å². The van der Waals surface area contributed by atoms with Crippen LogP contribution in [0.25, 0.3) is 21.8 Å². The van der Waals surface area contributed by atoms with Crippen molar-refractivity contribution in [2.45, 2.75) is 0 Å². The Hall–Kier alpha value is -4.53. The molecule has 9 nitrogen and oxygen atoms in total. The van der Waals surface area contributed by atoms with Gasteiger partial charge in [0, 0.05) is 33.9 Å². The van der Waals surface area contributed by atoms with Crippen molar-refractivity contribution in [3.63, 3.8) is 0 Å². The lowest BCUT2D eigenvalue weighted by atomic mass is 10.2. The van der Waals surface area contributed by atoms with Crippen LogP contribution in [0.1, 0.15) is 10.4 Å². The molecular weight excluding hydrogens is 390 g/mol. The van der Waals surface area contributed by atoms with E-state index in [9.17, 15) is 25.0 Å². The highest BCUT2D eigenvalue weighted by Crippen LogP contribution is 2.24. The molecule has 0 radical (unpaired) electrons. The summed E-state index contributed by atoms with van der Waals surface area (Å²) in [6.45, 7) is 3.13. The number of nitrogens with one attached hydrogen (secondary N) is 1. The van der Waals surface area contributed by atoms with Gasteiger partial charge in [0.05, 0.1) is 27.7 Å². The number of carbonyl (C=O) groups is 1. The first-order valence-corrected chi connectivity index (χ1v) is 8.62. The molecule has 0 aliphatic carbocycles. The number of hydrogen-bond donors (Lipinski definition) is 1. The van der Waals surface area contributed by atoms with Gasteiger partial charge in [0.2, 0.25) is 0 Å². The molecule has 0 atom stereocenters. The molecule has 1 heterocycles. The summed E-state index contributed by atoms with van der Waals surface area (Å²) in [6.07, 6.45) is 0.826. The molecule has 0 saturated heterocycles. The number of rotatable bonds is 4. The normalized spacial score (nSPS) is 10.1. The first kappa shape index (κ1) is 20.2. The second-order valence-electron chi connectivity index (χ2n) is 6.04. The number of nitro benzene ring substituents is 2. The maximum absolute atomic E-state index is 11.3. The summed E-state index contributed by atoms with van der Waals surface area (Å²) in [5.74, 6) is -0.952. The molecule has 150 valence electrons. The van der Waals surface area contributed by atoms with Crippen molar-refractivity contribution >= 4 is 39.1 Å². The molecule has 9 heteroatoms. The Kier molecular flexibility index (Phi) is 5.83. The van der Waals surface area contributed by atoms with Gasteiger partial charge in [-0.2, -0.15) is 0 Å². The van der Waals surface area contributed by atoms with Gasteiger partial charge in [-0.15, -0.1) is 0 Å². The molecule has 0 fully saturated rings. The molecule has 0 unspecified atom stereocenters. The third-order valence-electron chi connectivity index (χ3n) is 4.16. The van der Waals surface area contributed by atoms with Crippen molar-refractivity contribution in [3.8, 4) is 0 Å². The summed E-state index contributed by atoms with van der Waals surface area (Å²) in [6, 6.07) is 19.3. The predicted molar refractivity (Wildman–Crippen MR) is 111 cm³/mol. The zero-order chi connectivity index (χ0) is 21.7. The highest BCUT2D eigenvalue weighted by Gasteiger charge is 2.20. The number of aromatic amines is 1. The molecule has 0 aliphatic rings. The van der Waals surface area contributed by atoms with Crippen LogP contribution in [-0.2, 0) is 4.74 Å². The summed E-state index contributed by atoms with van der Waals surface area (Å²) in [5, 5.41) is 23.6. The largest absolute Gasteiger partial charge is 0.432 e. The average Bonchev–Trinajstić information content (AvgIpc) is 3.12. The van der Waals surface area contributed by atoms with Crippen molar-refractivity contribution in [1.29, 1.82) is 0 Å². The summed E-state index contributed by atoms with van der Waals surface area (Å²) in [7, 11) is 0. The van der Waals surface area contributed by atoms with E-state index in [0.29, 0.717) is 0 Å². The van der Waals surface area contributed by atoms with Crippen molar-refractivity contribution in [2.24, 2.45) is 0 Å². The molecule has 3 aromatic carbocycles. The van der Waals surface area contributed by atoms with E-state index >= 15 is 0 Å². The number of carbonyl (C=O) groups excluding carboxylic acids is 1. The maximum atomic E-state index is 11.3. The van der Waals surface area contributed by atoms with Gasteiger partial charge in [-0.3, -0.25) is 20.2 Å². The summed E-state index contributed by atoms with van der Waals surface area (Å²) >= 11 is 0. The Morgan fingerprint density at radius 2 is 1.33 bits per heavy atom. The summed E-state index contributed by atoms with van der Waals surface area (Å²) in [5.41, 5.74) is 1.02. The number of nitrogens with zero attached hydrogens (tertiary/aromatic N) is 2. The highest BCUT2D eigenvalue weighted by atomic mass is 16.6. The van der Waals surface area contributed by atoms with E-state index in [1.165, 1.54) is 21.8 Å². The monoisotopic (exact) mass is 405 g/mol. The smallest absolute Gasteiger partial charge is 0.343 e.